The summed E-state index contributed by atoms with van der Waals surface area (Å²) in [5, 5.41) is 8.71. The summed E-state index contributed by atoms with van der Waals surface area (Å²) < 4.78 is 22.9. The Kier molecular flexibility index (Phi) is 1.62. The second kappa shape index (κ2) is 2.64. The third kappa shape index (κ3) is 1.00. The van der Waals surface area contributed by atoms with Crippen molar-refractivity contribution in [3.05, 3.63) is 23.5 Å². The highest BCUT2D eigenvalue weighted by molar-refractivity contribution is 5.45. The van der Waals surface area contributed by atoms with E-state index in [1.807, 2.05) is 0 Å². The van der Waals surface area contributed by atoms with Crippen LogP contribution in [0.1, 0.15) is 5.56 Å². The van der Waals surface area contributed by atoms with Crippen LogP contribution in [0.25, 0.3) is 0 Å². The van der Waals surface area contributed by atoms with E-state index in [-0.39, 0.29) is 19.0 Å². The molecule has 0 saturated heterocycles. The van der Waals surface area contributed by atoms with Gasteiger partial charge in [0.15, 0.2) is 11.5 Å². The van der Waals surface area contributed by atoms with Crippen molar-refractivity contribution in [3.63, 3.8) is 0 Å². The van der Waals surface area contributed by atoms with Gasteiger partial charge in [0.2, 0.25) is 6.79 Å². The molecule has 1 N–H and O–H groups in total. The molecule has 1 aromatic carbocycles. The van der Waals surface area contributed by atoms with Gasteiger partial charge in [-0.1, -0.05) is 0 Å². The van der Waals surface area contributed by atoms with Gasteiger partial charge in [-0.3, -0.25) is 0 Å². The number of rotatable bonds is 1. The van der Waals surface area contributed by atoms with Gasteiger partial charge >= 0.3 is 0 Å². The predicted molar refractivity (Wildman–Crippen MR) is 38.4 cm³/mol. The fourth-order valence-electron chi connectivity index (χ4n) is 1.08. The van der Waals surface area contributed by atoms with Crippen LogP contribution in [-0.4, -0.2) is 11.9 Å². The summed E-state index contributed by atoms with van der Waals surface area (Å²) in [6.07, 6.45) is 0. The molecule has 0 aromatic heterocycles. The van der Waals surface area contributed by atoms with E-state index in [0.29, 0.717) is 11.5 Å². The number of aliphatic hydroxyl groups is 1. The Bertz CT molecular complexity index is 311. The first-order valence-electron chi connectivity index (χ1n) is 3.50. The van der Waals surface area contributed by atoms with Gasteiger partial charge in [0.1, 0.15) is 5.82 Å². The molecule has 2 rings (SSSR count). The van der Waals surface area contributed by atoms with Gasteiger partial charge in [-0.25, -0.2) is 4.39 Å². The van der Waals surface area contributed by atoms with Crippen molar-refractivity contribution in [2.45, 2.75) is 6.61 Å². The van der Waals surface area contributed by atoms with Crippen molar-refractivity contribution < 1.29 is 19.0 Å². The first-order valence-corrected chi connectivity index (χ1v) is 3.50. The number of hydrogen-bond donors (Lipinski definition) is 1. The van der Waals surface area contributed by atoms with E-state index in [9.17, 15) is 4.39 Å². The Morgan fingerprint density at radius 1 is 1.33 bits per heavy atom. The number of benzene rings is 1. The average molecular weight is 170 g/mol. The Labute approximate surface area is 68.3 Å². The Morgan fingerprint density at radius 3 is 2.67 bits per heavy atom. The standard InChI is InChI=1S/C8H7FO3/c9-6-2-8-7(11-4-12-8)1-5(6)3-10/h1-2,10H,3-4H2. The highest BCUT2D eigenvalue weighted by Crippen LogP contribution is 2.34. The molecule has 12 heavy (non-hydrogen) atoms. The molecule has 0 aliphatic carbocycles. The Balaban J connectivity index is 2.49. The maximum absolute atomic E-state index is 12.9. The molecule has 1 aromatic rings. The number of hydrogen-bond acceptors (Lipinski definition) is 3. The van der Waals surface area contributed by atoms with Gasteiger partial charge in [-0.2, -0.15) is 0 Å². The topological polar surface area (TPSA) is 38.7 Å². The van der Waals surface area contributed by atoms with Crippen LogP contribution in [0.2, 0.25) is 0 Å². The van der Waals surface area contributed by atoms with Gasteiger partial charge in [-0.15, -0.1) is 0 Å². The Hall–Kier alpha value is -1.29. The maximum Gasteiger partial charge on any atom is 0.231 e. The molecule has 0 bridgehead atoms. The predicted octanol–water partition coefficient (Wildman–Crippen LogP) is 1.05. The third-order valence-corrected chi connectivity index (χ3v) is 1.71. The first-order chi connectivity index (χ1) is 5.81. The van der Waals surface area contributed by atoms with Gasteiger partial charge in [-0.05, 0) is 6.07 Å². The van der Waals surface area contributed by atoms with E-state index < -0.39 is 5.82 Å². The van der Waals surface area contributed by atoms with E-state index in [1.54, 1.807) is 0 Å². The van der Waals surface area contributed by atoms with Crippen molar-refractivity contribution in [3.8, 4) is 11.5 Å². The summed E-state index contributed by atoms with van der Waals surface area (Å²) in [5.41, 5.74) is 0.222. The lowest BCUT2D eigenvalue weighted by Crippen LogP contribution is -1.92. The van der Waals surface area contributed by atoms with Crippen LogP contribution in [0.3, 0.4) is 0 Å². The number of ether oxygens (including phenoxy) is 2. The second-order valence-corrected chi connectivity index (χ2v) is 2.45. The molecule has 1 aliphatic heterocycles. The summed E-state index contributed by atoms with van der Waals surface area (Å²) >= 11 is 0. The lowest BCUT2D eigenvalue weighted by atomic mass is 10.2. The van der Waals surface area contributed by atoms with Crippen LogP contribution in [-0.2, 0) is 6.61 Å². The average Bonchev–Trinajstić information content (AvgIpc) is 2.49. The minimum atomic E-state index is -0.471. The monoisotopic (exact) mass is 170 g/mol. The van der Waals surface area contributed by atoms with Crippen molar-refractivity contribution in [2.75, 3.05) is 6.79 Å². The smallest absolute Gasteiger partial charge is 0.231 e. The molecular formula is C8H7FO3. The molecule has 4 heteroatoms. The van der Waals surface area contributed by atoms with Crippen LogP contribution >= 0.6 is 0 Å². The largest absolute Gasteiger partial charge is 0.454 e. The lowest BCUT2D eigenvalue weighted by molar-refractivity contribution is 0.173. The zero-order chi connectivity index (χ0) is 8.55. The molecule has 0 radical (unpaired) electrons. The van der Waals surface area contributed by atoms with Gasteiger partial charge in [0.05, 0.1) is 6.61 Å². The molecule has 0 amide bonds. The minimum Gasteiger partial charge on any atom is -0.454 e. The molecule has 0 unspecified atom stereocenters. The summed E-state index contributed by atoms with van der Waals surface area (Å²) in [5.74, 6) is 0.409. The van der Waals surface area contributed by atoms with Crippen LogP contribution in [0.5, 0.6) is 11.5 Å². The number of halogens is 1. The summed E-state index contributed by atoms with van der Waals surface area (Å²) in [6.45, 7) is -0.216. The lowest BCUT2D eigenvalue weighted by Gasteiger charge is -2.00. The van der Waals surface area contributed by atoms with E-state index in [1.165, 1.54) is 12.1 Å². The quantitative estimate of drug-likeness (QED) is 0.684. The van der Waals surface area contributed by atoms with Crippen molar-refractivity contribution in [2.24, 2.45) is 0 Å². The van der Waals surface area contributed by atoms with E-state index in [2.05, 4.69) is 0 Å². The van der Waals surface area contributed by atoms with Gasteiger partial charge in [0, 0.05) is 11.6 Å². The normalized spacial score (nSPS) is 13.5. The molecule has 0 fully saturated rings. The molecule has 0 saturated carbocycles. The summed E-state index contributed by atoms with van der Waals surface area (Å²) in [6, 6.07) is 2.66. The summed E-state index contributed by atoms with van der Waals surface area (Å²) in [7, 11) is 0. The third-order valence-electron chi connectivity index (χ3n) is 1.71. The molecule has 0 atom stereocenters. The fourth-order valence-corrected chi connectivity index (χ4v) is 1.08. The van der Waals surface area contributed by atoms with E-state index in [0.717, 1.165) is 0 Å². The zero-order valence-corrected chi connectivity index (χ0v) is 6.21. The second-order valence-electron chi connectivity index (χ2n) is 2.45. The van der Waals surface area contributed by atoms with Crippen LogP contribution in [0.4, 0.5) is 4.39 Å². The molecule has 0 spiro atoms. The molecule has 64 valence electrons. The van der Waals surface area contributed by atoms with Crippen LogP contribution in [0.15, 0.2) is 12.1 Å². The molecule has 1 aliphatic rings. The minimum absolute atomic E-state index is 0.115. The first kappa shape index (κ1) is 7.36. The Morgan fingerprint density at radius 2 is 2.00 bits per heavy atom. The molecule has 1 heterocycles. The summed E-state index contributed by atoms with van der Waals surface area (Å²) in [4.78, 5) is 0. The highest BCUT2D eigenvalue weighted by atomic mass is 19.1. The van der Waals surface area contributed by atoms with Crippen molar-refractivity contribution >= 4 is 0 Å². The van der Waals surface area contributed by atoms with E-state index in [4.69, 9.17) is 14.6 Å². The number of aliphatic hydroxyl groups excluding tert-OH is 1. The number of fused-ring (bicyclic) bond motifs is 1. The van der Waals surface area contributed by atoms with Gasteiger partial charge in [0.25, 0.3) is 0 Å². The van der Waals surface area contributed by atoms with Gasteiger partial charge < -0.3 is 14.6 Å². The van der Waals surface area contributed by atoms with Crippen LogP contribution in [0, 0.1) is 5.82 Å². The van der Waals surface area contributed by atoms with E-state index >= 15 is 0 Å². The van der Waals surface area contributed by atoms with Crippen molar-refractivity contribution in [1.82, 2.24) is 0 Å². The van der Waals surface area contributed by atoms with Crippen molar-refractivity contribution in [1.29, 1.82) is 0 Å². The molecule has 3 nitrogen and oxygen atoms in total. The van der Waals surface area contributed by atoms with Crippen LogP contribution < -0.4 is 9.47 Å². The molecular weight excluding hydrogens is 163 g/mol. The zero-order valence-electron chi connectivity index (χ0n) is 6.21. The SMILES string of the molecule is OCc1cc2c(cc1F)OCO2. The fraction of sp³-hybridized carbons (Fsp3) is 0.250. The maximum atomic E-state index is 12.9. The highest BCUT2D eigenvalue weighted by Gasteiger charge is 2.16.